The fourth-order valence-electron chi connectivity index (χ4n) is 2.90. The molecule has 0 saturated carbocycles. The van der Waals surface area contributed by atoms with Gasteiger partial charge in [0.25, 0.3) is 0 Å². The summed E-state index contributed by atoms with van der Waals surface area (Å²) in [6.07, 6.45) is 19.5. The molecule has 0 aromatic rings. The number of carbonyl (C=O) groups is 1. The van der Waals surface area contributed by atoms with E-state index in [4.69, 9.17) is 15.9 Å². The zero-order valence-corrected chi connectivity index (χ0v) is 16.9. The van der Waals surface area contributed by atoms with Gasteiger partial charge in [0.2, 0.25) is 0 Å². The first-order valence-corrected chi connectivity index (χ1v) is 11.5. The van der Waals surface area contributed by atoms with E-state index in [9.17, 15) is 4.79 Å². The van der Waals surface area contributed by atoms with Crippen LogP contribution in [0.2, 0.25) is 0 Å². The molecular weight excluding hydrogens is 334 g/mol. The highest BCUT2D eigenvalue weighted by Gasteiger charge is 2.10. The molecule has 4 nitrogen and oxygen atoms in total. The number of hydrogen-bond donors (Lipinski definition) is 3. The van der Waals surface area contributed by atoms with Gasteiger partial charge in [-0.25, -0.2) is 0 Å². The van der Waals surface area contributed by atoms with Gasteiger partial charge in [0.1, 0.15) is 6.04 Å². The minimum absolute atomic E-state index is 0.348. The summed E-state index contributed by atoms with van der Waals surface area (Å²) in [7, 11) is 0. The molecule has 0 aliphatic heterocycles. The van der Waals surface area contributed by atoms with Gasteiger partial charge in [0, 0.05) is 12.4 Å². The number of hydrogen-bond acceptors (Lipinski definition) is 4. The van der Waals surface area contributed by atoms with Gasteiger partial charge >= 0.3 is 5.97 Å². The zero-order chi connectivity index (χ0) is 18.6. The molecular formula is C20H41NO3S. The van der Waals surface area contributed by atoms with E-state index in [0.717, 1.165) is 12.2 Å². The number of aliphatic carboxylic acids is 1. The van der Waals surface area contributed by atoms with Crippen molar-refractivity contribution in [2.75, 3.05) is 18.1 Å². The van der Waals surface area contributed by atoms with E-state index < -0.39 is 12.0 Å². The van der Waals surface area contributed by atoms with E-state index in [0.29, 0.717) is 12.4 Å². The lowest BCUT2D eigenvalue weighted by atomic mass is 10.0. The highest BCUT2D eigenvalue weighted by atomic mass is 32.2. The number of aliphatic hydroxyl groups excluding tert-OH is 1. The first kappa shape index (κ1) is 24.7. The predicted octanol–water partition coefficient (Wildman–Crippen LogP) is 4.98. The molecule has 0 radical (unpaired) electrons. The van der Waals surface area contributed by atoms with E-state index >= 15 is 0 Å². The maximum absolute atomic E-state index is 10.6. The number of unbranched alkanes of at least 4 members (excludes halogenated alkanes) is 14. The Bertz CT molecular complexity index is 290. The lowest BCUT2D eigenvalue weighted by molar-refractivity contribution is -0.137. The summed E-state index contributed by atoms with van der Waals surface area (Å²) < 4.78 is 0. The lowest BCUT2D eigenvalue weighted by Crippen LogP contribution is -2.32. The Morgan fingerprint density at radius 1 is 0.720 bits per heavy atom. The number of nitrogens with two attached hydrogens (primary N) is 1. The summed E-state index contributed by atoms with van der Waals surface area (Å²) in [4.78, 5) is 10.6. The molecule has 5 heteroatoms. The summed E-state index contributed by atoms with van der Waals surface area (Å²) in [6.45, 7) is 0.348. The number of rotatable bonds is 20. The second-order valence-corrected chi connectivity index (χ2v) is 8.20. The van der Waals surface area contributed by atoms with Crippen molar-refractivity contribution in [2.45, 2.75) is 102 Å². The Morgan fingerprint density at radius 2 is 1.08 bits per heavy atom. The highest BCUT2D eigenvalue weighted by molar-refractivity contribution is 7.99. The summed E-state index contributed by atoms with van der Waals surface area (Å²) in [5.41, 5.74) is 5.46. The third kappa shape index (κ3) is 19.9. The van der Waals surface area contributed by atoms with Gasteiger partial charge in [-0.3, -0.25) is 4.79 Å². The third-order valence-corrected chi connectivity index (χ3v) is 5.73. The predicted molar refractivity (Wildman–Crippen MR) is 109 cm³/mol. The number of thioether (sulfide) groups is 1. The smallest absolute Gasteiger partial charge is 0.321 e. The molecule has 0 amide bonds. The fraction of sp³-hybridized carbons (Fsp3) is 0.950. The Morgan fingerprint density at radius 3 is 1.44 bits per heavy atom. The van der Waals surface area contributed by atoms with Crippen molar-refractivity contribution in [1.29, 1.82) is 0 Å². The molecule has 0 saturated heterocycles. The van der Waals surface area contributed by atoms with Crippen LogP contribution in [0.4, 0.5) is 0 Å². The van der Waals surface area contributed by atoms with Crippen LogP contribution in [0.1, 0.15) is 96.3 Å². The Labute approximate surface area is 159 Å². The maximum atomic E-state index is 10.6. The lowest BCUT2D eigenvalue weighted by Gasteiger charge is -2.06. The largest absolute Gasteiger partial charge is 0.480 e. The average Bonchev–Trinajstić information content (AvgIpc) is 2.60. The van der Waals surface area contributed by atoms with Crippen LogP contribution in [0.5, 0.6) is 0 Å². The van der Waals surface area contributed by atoms with Crippen molar-refractivity contribution in [3.05, 3.63) is 0 Å². The van der Waals surface area contributed by atoms with Gasteiger partial charge in [-0.15, -0.1) is 0 Å². The molecule has 0 fully saturated rings. The van der Waals surface area contributed by atoms with Gasteiger partial charge in [0.05, 0.1) is 0 Å². The van der Waals surface area contributed by atoms with Gasteiger partial charge in [-0.2, -0.15) is 11.8 Å². The molecule has 0 rings (SSSR count). The van der Waals surface area contributed by atoms with Crippen molar-refractivity contribution in [3.63, 3.8) is 0 Å². The molecule has 0 heterocycles. The van der Waals surface area contributed by atoms with E-state index in [-0.39, 0.29) is 0 Å². The van der Waals surface area contributed by atoms with Crippen LogP contribution < -0.4 is 5.73 Å². The van der Waals surface area contributed by atoms with Crippen LogP contribution in [-0.4, -0.2) is 40.3 Å². The zero-order valence-electron chi connectivity index (χ0n) is 16.1. The van der Waals surface area contributed by atoms with E-state index in [1.54, 1.807) is 11.8 Å². The van der Waals surface area contributed by atoms with Crippen LogP contribution in [0.15, 0.2) is 0 Å². The molecule has 150 valence electrons. The quantitative estimate of drug-likeness (QED) is 0.261. The summed E-state index contributed by atoms with van der Waals surface area (Å²) in [6, 6.07) is -0.712. The molecule has 0 aliphatic rings. The molecule has 0 spiro atoms. The van der Waals surface area contributed by atoms with Crippen molar-refractivity contribution < 1.29 is 15.0 Å². The van der Waals surface area contributed by atoms with E-state index in [1.165, 1.54) is 89.9 Å². The number of carboxylic acids is 1. The van der Waals surface area contributed by atoms with Crippen molar-refractivity contribution in [2.24, 2.45) is 5.73 Å². The molecule has 0 aliphatic carbocycles. The summed E-state index contributed by atoms with van der Waals surface area (Å²) in [5, 5.41) is 17.4. The Balaban J connectivity index is 3.04. The minimum Gasteiger partial charge on any atom is -0.480 e. The summed E-state index contributed by atoms with van der Waals surface area (Å²) >= 11 is 1.66. The second kappa shape index (κ2) is 20.1. The number of aliphatic hydroxyl groups is 1. The minimum atomic E-state index is -0.898. The van der Waals surface area contributed by atoms with Crippen molar-refractivity contribution >= 4 is 17.7 Å². The maximum Gasteiger partial charge on any atom is 0.321 e. The van der Waals surface area contributed by atoms with E-state index in [2.05, 4.69) is 0 Å². The van der Waals surface area contributed by atoms with Gasteiger partial charge in [-0.1, -0.05) is 83.5 Å². The molecule has 0 aromatic carbocycles. The van der Waals surface area contributed by atoms with Crippen molar-refractivity contribution in [3.8, 4) is 0 Å². The van der Waals surface area contributed by atoms with Crippen LogP contribution in [0.3, 0.4) is 0 Å². The standard InChI is InChI=1S/C20H41NO3S/c21-19(20(23)24)18-25-17-15-13-11-9-7-5-3-1-2-4-6-8-10-12-14-16-22/h19,22H,1-18,21H2,(H,23,24)/t19-/m0/s1. The van der Waals surface area contributed by atoms with Crippen LogP contribution in [-0.2, 0) is 4.79 Å². The number of carboxylic acid groups (broad SMARTS) is 1. The van der Waals surface area contributed by atoms with Crippen LogP contribution in [0, 0.1) is 0 Å². The van der Waals surface area contributed by atoms with E-state index in [1.807, 2.05) is 0 Å². The molecule has 25 heavy (non-hydrogen) atoms. The normalized spacial score (nSPS) is 12.4. The highest BCUT2D eigenvalue weighted by Crippen LogP contribution is 2.14. The SMILES string of the molecule is N[C@@H](CSCCCCCCCCCCCCCCCCCO)C(=O)O. The van der Waals surface area contributed by atoms with Gasteiger partial charge in [0.15, 0.2) is 0 Å². The first-order valence-electron chi connectivity index (χ1n) is 10.4. The second-order valence-electron chi connectivity index (χ2n) is 7.05. The first-order chi connectivity index (χ1) is 12.2. The third-order valence-electron chi connectivity index (χ3n) is 4.56. The van der Waals surface area contributed by atoms with Crippen LogP contribution >= 0.6 is 11.8 Å². The molecule has 0 unspecified atom stereocenters. The molecule has 1 atom stereocenters. The van der Waals surface area contributed by atoms with Gasteiger partial charge in [-0.05, 0) is 18.6 Å². The molecule has 0 bridgehead atoms. The fourth-order valence-corrected chi connectivity index (χ4v) is 3.87. The Kier molecular flexibility index (Phi) is 19.8. The monoisotopic (exact) mass is 375 g/mol. The molecule has 0 aromatic heterocycles. The van der Waals surface area contributed by atoms with Crippen LogP contribution in [0.25, 0.3) is 0 Å². The van der Waals surface area contributed by atoms with Gasteiger partial charge < -0.3 is 15.9 Å². The average molecular weight is 376 g/mol. The molecule has 4 N–H and O–H groups in total. The summed E-state index contributed by atoms with van der Waals surface area (Å²) in [5.74, 6) is 0.657. The van der Waals surface area contributed by atoms with Crippen molar-refractivity contribution in [1.82, 2.24) is 0 Å². The Hall–Kier alpha value is -0.260. The topological polar surface area (TPSA) is 83.5 Å².